The molecule has 4 nitrogen and oxygen atoms in total. The van der Waals surface area contributed by atoms with E-state index in [9.17, 15) is 4.57 Å². The topological polar surface area (TPSA) is 66.8 Å². The lowest BCUT2D eigenvalue weighted by Gasteiger charge is -2.12. The molecule has 0 saturated heterocycles. The zero-order valence-electron chi connectivity index (χ0n) is 6.86. The monoisotopic (exact) mass is 182 g/mol. The summed E-state index contributed by atoms with van der Waals surface area (Å²) >= 11 is 0. The van der Waals surface area contributed by atoms with E-state index in [1.807, 2.05) is 6.92 Å². The van der Waals surface area contributed by atoms with Crippen molar-refractivity contribution >= 4 is 7.82 Å². The molecule has 0 radical (unpaired) electrons. The lowest BCUT2D eigenvalue weighted by atomic mass is 10.2. The number of unbranched alkanes of at least 4 members (excludes halogenated alkanes) is 1. The summed E-state index contributed by atoms with van der Waals surface area (Å²) in [7, 11) is -4.26. The highest BCUT2D eigenvalue weighted by Gasteiger charge is 2.17. The Morgan fingerprint density at radius 1 is 1.55 bits per heavy atom. The number of rotatable bonds is 5. The zero-order valence-corrected chi connectivity index (χ0v) is 7.75. The van der Waals surface area contributed by atoms with Crippen molar-refractivity contribution in [2.45, 2.75) is 39.2 Å². The molecule has 11 heavy (non-hydrogen) atoms. The molecule has 0 aromatic carbocycles. The van der Waals surface area contributed by atoms with Gasteiger partial charge in [-0.05, 0) is 13.3 Å². The summed E-state index contributed by atoms with van der Waals surface area (Å²) in [5, 5.41) is 0. The predicted molar refractivity (Wildman–Crippen MR) is 42.1 cm³/mol. The molecular formula is C6H15O4P. The molecule has 0 amide bonds. The molecule has 5 heteroatoms. The van der Waals surface area contributed by atoms with Crippen LogP contribution in [0.3, 0.4) is 0 Å². The van der Waals surface area contributed by atoms with Crippen molar-refractivity contribution < 1.29 is 18.9 Å². The average molecular weight is 182 g/mol. The van der Waals surface area contributed by atoms with Crippen molar-refractivity contribution in [3.63, 3.8) is 0 Å². The van der Waals surface area contributed by atoms with E-state index in [1.165, 1.54) is 0 Å². The van der Waals surface area contributed by atoms with Crippen molar-refractivity contribution in [1.29, 1.82) is 0 Å². The minimum atomic E-state index is -4.26. The van der Waals surface area contributed by atoms with Gasteiger partial charge in [-0.1, -0.05) is 19.8 Å². The van der Waals surface area contributed by atoms with Gasteiger partial charge in [-0.15, -0.1) is 0 Å². The van der Waals surface area contributed by atoms with Gasteiger partial charge in [0.15, 0.2) is 0 Å². The molecule has 1 unspecified atom stereocenters. The van der Waals surface area contributed by atoms with E-state index in [1.54, 1.807) is 6.92 Å². The number of hydrogen-bond donors (Lipinski definition) is 2. The molecule has 0 saturated carbocycles. The molecule has 0 spiro atoms. The van der Waals surface area contributed by atoms with Crippen LogP contribution in [0, 0.1) is 0 Å². The van der Waals surface area contributed by atoms with E-state index < -0.39 is 7.82 Å². The molecule has 0 heterocycles. The van der Waals surface area contributed by atoms with Crippen LogP contribution >= 0.6 is 7.82 Å². The van der Waals surface area contributed by atoms with Crippen LogP contribution in [0.2, 0.25) is 0 Å². The first-order chi connectivity index (χ1) is 4.95. The lowest BCUT2D eigenvalue weighted by Crippen LogP contribution is -2.05. The fraction of sp³-hybridized carbons (Fsp3) is 1.00. The Kier molecular flexibility index (Phi) is 4.93. The second kappa shape index (κ2) is 4.88. The SMILES string of the molecule is CCCCC(C)OP(=O)(O)O. The van der Waals surface area contributed by atoms with Crippen molar-refractivity contribution in [1.82, 2.24) is 0 Å². The first-order valence-electron chi connectivity index (χ1n) is 3.69. The maximum atomic E-state index is 10.3. The predicted octanol–water partition coefficient (Wildman–Crippen LogP) is 1.67. The summed E-state index contributed by atoms with van der Waals surface area (Å²) in [4.78, 5) is 16.8. The molecular weight excluding hydrogens is 167 g/mol. The van der Waals surface area contributed by atoms with Crippen LogP contribution in [-0.4, -0.2) is 15.9 Å². The lowest BCUT2D eigenvalue weighted by molar-refractivity contribution is 0.137. The highest BCUT2D eigenvalue weighted by atomic mass is 31.2. The van der Waals surface area contributed by atoms with Crippen molar-refractivity contribution in [2.24, 2.45) is 0 Å². The summed E-state index contributed by atoms with van der Waals surface area (Å²) in [5.74, 6) is 0. The summed E-state index contributed by atoms with van der Waals surface area (Å²) < 4.78 is 14.7. The Labute approximate surface area is 66.8 Å². The van der Waals surface area contributed by atoms with Gasteiger partial charge in [0, 0.05) is 0 Å². The molecule has 0 aliphatic carbocycles. The Hall–Kier alpha value is 0.110. The summed E-state index contributed by atoms with van der Waals surface area (Å²) in [6.07, 6.45) is 2.29. The summed E-state index contributed by atoms with van der Waals surface area (Å²) in [6, 6.07) is 0. The molecule has 0 aromatic heterocycles. The maximum Gasteiger partial charge on any atom is 0.469 e. The maximum absolute atomic E-state index is 10.3. The molecule has 68 valence electrons. The van der Waals surface area contributed by atoms with E-state index in [0.29, 0.717) is 6.42 Å². The first-order valence-corrected chi connectivity index (χ1v) is 5.22. The van der Waals surface area contributed by atoms with Gasteiger partial charge in [0.2, 0.25) is 0 Å². The Morgan fingerprint density at radius 2 is 2.09 bits per heavy atom. The summed E-state index contributed by atoms with van der Waals surface area (Å²) in [6.45, 7) is 3.68. The van der Waals surface area contributed by atoms with E-state index in [4.69, 9.17) is 9.79 Å². The van der Waals surface area contributed by atoms with E-state index in [2.05, 4.69) is 4.52 Å². The largest absolute Gasteiger partial charge is 0.469 e. The van der Waals surface area contributed by atoms with Gasteiger partial charge in [-0.2, -0.15) is 0 Å². The molecule has 0 fully saturated rings. The molecule has 0 aliphatic rings. The Bertz CT molecular complexity index is 142. The van der Waals surface area contributed by atoms with E-state index in [-0.39, 0.29) is 6.10 Å². The van der Waals surface area contributed by atoms with Crippen LogP contribution in [-0.2, 0) is 9.09 Å². The molecule has 1 atom stereocenters. The fourth-order valence-electron chi connectivity index (χ4n) is 0.779. The van der Waals surface area contributed by atoms with Gasteiger partial charge in [-0.3, -0.25) is 4.52 Å². The van der Waals surface area contributed by atoms with Gasteiger partial charge in [0.05, 0.1) is 6.10 Å². The molecule has 2 N–H and O–H groups in total. The minimum Gasteiger partial charge on any atom is -0.303 e. The second-order valence-corrected chi connectivity index (χ2v) is 3.74. The second-order valence-electron chi connectivity index (χ2n) is 2.55. The number of hydrogen-bond acceptors (Lipinski definition) is 2. The van der Waals surface area contributed by atoms with Crippen LogP contribution < -0.4 is 0 Å². The molecule has 0 bridgehead atoms. The van der Waals surface area contributed by atoms with Crippen LogP contribution in [0.5, 0.6) is 0 Å². The van der Waals surface area contributed by atoms with Gasteiger partial charge in [0.1, 0.15) is 0 Å². The van der Waals surface area contributed by atoms with Crippen LogP contribution in [0.1, 0.15) is 33.1 Å². The van der Waals surface area contributed by atoms with Gasteiger partial charge in [-0.25, -0.2) is 4.57 Å². The number of phosphoric ester groups is 1. The van der Waals surface area contributed by atoms with Gasteiger partial charge >= 0.3 is 7.82 Å². The number of phosphoric acid groups is 1. The van der Waals surface area contributed by atoms with E-state index >= 15 is 0 Å². The van der Waals surface area contributed by atoms with Crippen LogP contribution in [0.25, 0.3) is 0 Å². The van der Waals surface area contributed by atoms with Crippen molar-refractivity contribution in [3.8, 4) is 0 Å². The Balaban J connectivity index is 3.52. The Morgan fingerprint density at radius 3 is 2.45 bits per heavy atom. The van der Waals surface area contributed by atoms with E-state index in [0.717, 1.165) is 12.8 Å². The van der Waals surface area contributed by atoms with Gasteiger partial charge < -0.3 is 9.79 Å². The third kappa shape index (κ3) is 8.01. The molecule has 0 rings (SSSR count). The highest BCUT2D eigenvalue weighted by Crippen LogP contribution is 2.38. The summed E-state index contributed by atoms with van der Waals surface area (Å²) in [5.41, 5.74) is 0. The van der Waals surface area contributed by atoms with Crippen molar-refractivity contribution in [3.05, 3.63) is 0 Å². The molecule has 0 aromatic rings. The van der Waals surface area contributed by atoms with Gasteiger partial charge in [0.25, 0.3) is 0 Å². The quantitative estimate of drug-likeness (QED) is 0.634. The zero-order chi connectivity index (χ0) is 8.91. The normalized spacial score (nSPS) is 14.9. The van der Waals surface area contributed by atoms with Crippen LogP contribution in [0.4, 0.5) is 0 Å². The fourth-order valence-corrected chi connectivity index (χ4v) is 1.35. The van der Waals surface area contributed by atoms with Crippen LogP contribution in [0.15, 0.2) is 0 Å². The smallest absolute Gasteiger partial charge is 0.303 e. The van der Waals surface area contributed by atoms with Crippen molar-refractivity contribution in [2.75, 3.05) is 0 Å². The average Bonchev–Trinajstić information content (AvgIpc) is 1.79. The third-order valence-electron chi connectivity index (χ3n) is 1.28. The third-order valence-corrected chi connectivity index (χ3v) is 1.92. The first kappa shape index (κ1) is 11.1. The highest BCUT2D eigenvalue weighted by molar-refractivity contribution is 7.46. The minimum absolute atomic E-state index is 0.351. The molecule has 0 aliphatic heterocycles. The standard InChI is InChI=1S/C6H15O4P/c1-3-4-5-6(2)10-11(7,8)9/h6H,3-5H2,1-2H3,(H2,7,8,9).